The monoisotopic (exact) mass is 758 g/mol. The Bertz CT molecular complexity index is 1690. The highest BCUT2D eigenvalue weighted by Crippen LogP contribution is 2.75. The summed E-state index contributed by atoms with van der Waals surface area (Å²) in [5.74, 6) is -0.481. The summed E-state index contributed by atoms with van der Waals surface area (Å²) in [6, 6.07) is 9.87. The Kier molecular flexibility index (Phi) is 10.7. The Balaban J connectivity index is 1.06. The maximum atomic E-state index is 14.9. The molecular weight excluding hydrogens is 693 g/mol. The molecule has 1 saturated heterocycles. The van der Waals surface area contributed by atoms with Crippen LogP contribution in [-0.4, -0.2) is 74.5 Å². The molecule has 6 aliphatic rings. The fraction of sp³-hybridized carbons (Fsp3) is 0.739. The molecule has 1 N–H and O–H groups in total. The van der Waals surface area contributed by atoms with E-state index in [1.165, 1.54) is 5.57 Å². The summed E-state index contributed by atoms with van der Waals surface area (Å²) in [5.41, 5.74) is 0.662. The fourth-order valence-corrected chi connectivity index (χ4v) is 13.2. The van der Waals surface area contributed by atoms with Crippen molar-refractivity contribution in [3.63, 3.8) is 0 Å². The molecule has 302 valence electrons. The van der Waals surface area contributed by atoms with Gasteiger partial charge in [0, 0.05) is 31.5 Å². The molecule has 0 bridgehead atoms. The van der Waals surface area contributed by atoms with Crippen LogP contribution in [0, 0.1) is 56.2 Å². The molecule has 9 heteroatoms. The van der Waals surface area contributed by atoms with Crippen LogP contribution >= 0.6 is 0 Å². The Morgan fingerprint density at radius 3 is 2.31 bits per heavy atom. The lowest BCUT2D eigenvalue weighted by Crippen LogP contribution is -2.66. The average molecular weight is 759 g/mol. The molecule has 1 heterocycles. The Labute approximate surface area is 329 Å². The number of benzene rings is 1. The van der Waals surface area contributed by atoms with E-state index < -0.39 is 11.4 Å². The van der Waals surface area contributed by atoms with Gasteiger partial charge in [0.05, 0.1) is 18.6 Å². The smallest absolute Gasteiger partial charge is 0.325 e. The van der Waals surface area contributed by atoms with E-state index in [1.807, 2.05) is 30.3 Å². The number of morpholine rings is 1. The third kappa shape index (κ3) is 6.91. The fourth-order valence-electron chi connectivity index (χ4n) is 13.2. The van der Waals surface area contributed by atoms with Crippen molar-refractivity contribution in [1.82, 2.24) is 10.2 Å². The number of hydrogen-bond acceptors (Lipinski definition) is 8. The zero-order valence-corrected chi connectivity index (χ0v) is 34.6. The average Bonchev–Trinajstić information content (AvgIpc) is 3.15. The molecule has 4 saturated carbocycles. The van der Waals surface area contributed by atoms with Crippen LogP contribution in [-0.2, 0) is 40.0 Å². The molecule has 9 atom stereocenters. The first kappa shape index (κ1) is 40.2. The molecular formula is C46H66N2O7. The van der Waals surface area contributed by atoms with Crippen molar-refractivity contribution in [2.75, 3.05) is 46.0 Å². The first-order valence-electron chi connectivity index (χ1n) is 21.2. The lowest BCUT2D eigenvalue weighted by atomic mass is 9.33. The minimum absolute atomic E-state index is 0.0394. The highest BCUT2D eigenvalue weighted by Gasteiger charge is 2.70. The number of hydrogen-bond donors (Lipinski definition) is 1. The Morgan fingerprint density at radius 1 is 0.873 bits per heavy atom. The van der Waals surface area contributed by atoms with Crippen LogP contribution in [0.2, 0.25) is 0 Å². The maximum Gasteiger partial charge on any atom is 0.325 e. The van der Waals surface area contributed by atoms with Crippen LogP contribution in [0.4, 0.5) is 0 Å². The van der Waals surface area contributed by atoms with E-state index in [1.54, 1.807) is 0 Å². The number of carbonyl (C=O) groups is 4. The standard InChI is InChI=1S/C46H66N2O7/c1-41(2)32(39(51)47-29-37(50)54-26-23-48-21-24-53-25-22-48)13-15-44(5)36(41)14-16-46(7)38(44)35(49)27-33-34-28-43(4,18-17-42(34,3)19-20-45(33,46)6)40(52)55-30-31-11-9-8-10-12-31/h8-12,27,32,34,36,38H,13-26,28-30H2,1-7H3,(H,47,51)/t32-,34+,36+,38-,42-,43+,44+,45-,46-/m1/s1. The van der Waals surface area contributed by atoms with Gasteiger partial charge in [-0.05, 0) is 115 Å². The number of carbonyl (C=O) groups excluding carboxylic acids is 4. The first-order valence-corrected chi connectivity index (χ1v) is 21.2. The molecule has 5 aliphatic carbocycles. The third-order valence-corrected chi connectivity index (χ3v) is 16.8. The topological polar surface area (TPSA) is 111 Å². The molecule has 0 unspecified atom stereocenters. The molecule has 55 heavy (non-hydrogen) atoms. The van der Waals surface area contributed by atoms with Gasteiger partial charge in [0.25, 0.3) is 0 Å². The predicted molar refractivity (Wildman–Crippen MR) is 210 cm³/mol. The summed E-state index contributed by atoms with van der Waals surface area (Å²) in [4.78, 5) is 57.3. The molecule has 1 aliphatic heterocycles. The van der Waals surface area contributed by atoms with Crippen LogP contribution in [0.1, 0.15) is 112 Å². The lowest BCUT2D eigenvalue weighted by Gasteiger charge is -2.70. The van der Waals surface area contributed by atoms with Crippen LogP contribution < -0.4 is 5.32 Å². The number of esters is 2. The normalized spacial score (nSPS) is 39.6. The summed E-state index contributed by atoms with van der Waals surface area (Å²) in [5, 5.41) is 2.92. The number of amides is 1. The van der Waals surface area contributed by atoms with Crippen LogP contribution in [0.5, 0.6) is 0 Å². The van der Waals surface area contributed by atoms with E-state index in [2.05, 4.69) is 64.8 Å². The van der Waals surface area contributed by atoms with Crippen LogP contribution in [0.25, 0.3) is 0 Å². The Morgan fingerprint density at radius 2 is 1.58 bits per heavy atom. The SMILES string of the molecule is CC1(C)[C@@H](C(=O)NCC(=O)OCCN2CCOCC2)CC[C@]2(C)[C@H]3C(=O)C=C4[C@@H]5C[C@@](C)(C(=O)OCc6ccccc6)CC[C@]5(C)CC[C@@]4(C)[C@]3(C)CC[C@@H]12. The second-order valence-electron chi connectivity index (χ2n) is 20.1. The van der Waals surface area contributed by atoms with Gasteiger partial charge in [0.1, 0.15) is 19.8 Å². The molecule has 7 rings (SSSR count). The minimum atomic E-state index is -0.606. The van der Waals surface area contributed by atoms with Crippen molar-refractivity contribution in [1.29, 1.82) is 0 Å². The molecule has 0 spiro atoms. The van der Waals surface area contributed by atoms with Gasteiger partial charge in [-0.1, -0.05) is 77.4 Å². The van der Waals surface area contributed by atoms with Crippen molar-refractivity contribution < 1.29 is 33.4 Å². The van der Waals surface area contributed by atoms with E-state index in [0.29, 0.717) is 39.2 Å². The number of rotatable bonds is 9. The van der Waals surface area contributed by atoms with Gasteiger partial charge in [-0.15, -0.1) is 0 Å². The van der Waals surface area contributed by atoms with E-state index in [-0.39, 0.29) is 81.6 Å². The summed E-state index contributed by atoms with van der Waals surface area (Å²) < 4.78 is 16.8. The molecule has 1 amide bonds. The predicted octanol–water partition coefficient (Wildman–Crippen LogP) is 7.32. The van der Waals surface area contributed by atoms with Crippen LogP contribution in [0.15, 0.2) is 42.0 Å². The summed E-state index contributed by atoms with van der Waals surface area (Å²) in [6.45, 7) is 20.2. The number of nitrogens with one attached hydrogen (secondary N) is 1. The quantitative estimate of drug-likeness (QED) is 0.261. The minimum Gasteiger partial charge on any atom is -0.463 e. The molecule has 1 aromatic rings. The Hall–Kier alpha value is -3.04. The largest absolute Gasteiger partial charge is 0.463 e. The van der Waals surface area contributed by atoms with Gasteiger partial charge in [-0.3, -0.25) is 24.1 Å². The van der Waals surface area contributed by atoms with E-state index in [0.717, 1.165) is 63.6 Å². The van der Waals surface area contributed by atoms with Gasteiger partial charge >= 0.3 is 11.9 Å². The molecule has 0 radical (unpaired) electrons. The zero-order valence-electron chi connectivity index (χ0n) is 34.6. The second-order valence-corrected chi connectivity index (χ2v) is 20.1. The zero-order chi connectivity index (χ0) is 39.4. The third-order valence-electron chi connectivity index (χ3n) is 16.8. The van der Waals surface area contributed by atoms with Crippen molar-refractivity contribution in [3.8, 4) is 0 Å². The number of nitrogens with zero attached hydrogens (tertiary/aromatic N) is 1. The summed E-state index contributed by atoms with van der Waals surface area (Å²) in [7, 11) is 0. The van der Waals surface area contributed by atoms with Crippen molar-refractivity contribution in [2.24, 2.45) is 56.2 Å². The van der Waals surface area contributed by atoms with Crippen molar-refractivity contribution in [2.45, 2.75) is 113 Å². The summed E-state index contributed by atoms with van der Waals surface area (Å²) in [6.07, 6.45) is 9.97. The first-order chi connectivity index (χ1) is 26.0. The van der Waals surface area contributed by atoms with Gasteiger partial charge < -0.3 is 19.5 Å². The highest BCUT2D eigenvalue weighted by molar-refractivity contribution is 5.96. The lowest BCUT2D eigenvalue weighted by molar-refractivity contribution is -0.195. The highest BCUT2D eigenvalue weighted by atomic mass is 16.5. The molecule has 1 aromatic carbocycles. The van der Waals surface area contributed by atoms with Gasteiger partial charge in [0.2, 0.25) is 5.91 Å². The number of ether oxygens (including phenoxy) is 3. The molecule has 9 nitrogen and oxygen atoms in total. The van der Waals surface area contributed by atoms with E-state index in [4.69, 9.17) is 14.2 Å². The van der Waals surface area contributed by atoms with Crippen LogP contribution in [0.3, 0.4) is 0 Å². The van der Waals surface area contributed by atoms with E-state index >= 15 is 0 Å². The van der Waals surface area contributed by atoms with E-state index in [9.17, 15) is 19.2 Å². The number of allylic oxidation sites excluding steroid dienone is 2. The number of fused-ring (bicyclic) bond motifs is 7. The van der Waals surface area contributed by atoms with Crippen molar-refractivity contribution in [3.05, 3.63) is 47.5 Å². The van der Waals surface area contributed by atoms with Crippen molar-refractivity contribution >= 4 is 23.6 Å². The van der Waals surface area contributed by atoms with Gasteiger partial charge in [-0.25, -0.2) is 0 Å². The van der Waals surface area contributed by atoms with Gasteiger partial charge in [0.15, 0.2) is 5.78 Å². The maximum absolute atomic E-state index is 14.9. The second kappa shape index (κ2) is 14.7. The van der Waals surface area contributed by atoms with Gasteiger partial charge in [-0.2, -0.15) is 0 Å². The summed E-state index contributed by atoms with van der Waals surface area (Å²) >= 11 is 0. The number of ketones is 1. The molecule has 5 fully saturated rings. The molecule has 0 aromatic heterocycles.